The van der Waals surface area contributed by atoms with Gasteiger partial charge in [-0.3, -0.25) is 0 Å². The maximum absolute atomic E-state index is 3.28. The Morgan fingerprint density at radius 2 is 0.950 bits per heavy atom. The standard InChI is InChI=1S/C20H18/c1-17(13-15-19-9-5-3-6-10-19)18(2)14-16-20-11-7-4-8-12-20/h3-12,17-18H,1-2H3. The summed E-state index contributed by atoms with van der Waals surface area (Å²) in [5.74, 6) is 13.5. The molecule has 2 aromatic rings. The average molecular weight is 258 g/mol. The second-order valence-electron chi connectivity index (χ2n) is 4.85. The van der Waals surface area contributed by atoms with Crippen LogP contribution in [0.3, 0.4) is 0 Å². The highest BCUT2D eigenvalue weighted by molar-refractivity contribution is 5.36. The van der Waals surface area contributed by atoms with Crippen LogP contribution in [0.5, 0.6) is 0 Å². The Kier molecular flexibility index (Phi) is 5.05. The molecule has 0 spiro atoms. The Balaban J connectivity index is 2.02. The molecule has 2 aromatic carbocycles. The summed E-state index contributed by atoms with van der Waals surface area (Å²) in [5.41, 5.74) is 2.12. The Hall–Kier alpha value is -2.44. The van der Waals surface area contributed by atoms with E-state index in [2.05, 4.69) is 37.5 Å². The number of rotatable bonds is 1. The lowest BCUT2D eigenvalue weighted by atomic mass is 9.96. The van der Waals surface area contributed by atoms with Gasteiger partial charge in [-0.05, 0) is 24.3 Å². The highest BCUT2D eigenvalue weighted by atomic mass is 14.1. The highest BCUT2D eigenvalue weighted by Crippen LogP contribution is 2.09. The number of benzene rings is 2. The molecule has 0 nitrogen and oxygen atoms in total. The summed E-state index contributed by atoms with van der Waals surface area (Å²) in [6.45, 7) is 4.25. The first-order chi connectivity index (χ1) is 9.75. The van der Waals surface area contributed by atoms with Crippen LogP contribution in [-0.4, -0.2) is 0 Å². The van der Waals surface area contributed by atoms with Crippen LogP contribution < -0.4 is 0 Å². The van der Waals surface area contributed by atoms with Gasteiger partial charge in [0.2, 0.25) is 0 Å². The number of hydrogen-bond donors (Lipinski definition) is 0. The maximum Gasteiger partial charge on any atom is 0.0313 e. The molecule has 0 amide bonds. The lowest BCUT2D eigenvalue weighted by Crippen LogP contribution is -2.02. The monoisotopic (exact) mass is 258 g/mol. The quantitative estimate of drug-likeness (QED) is 0.667. The smallest absolute Gasteiger partial charge is 0.0313 e. The largest absolute Gasteiger partial charge is 0.0935 e. The van der Waals surface area contributed by atoms with Crippen molar-refractivity contribution in [1.82, 2.24) is 0 Å². The van der Waals surface area contributed by atoms with Crippen molar-refractivity contribution in [3.05, 3.63) is 71.8 Å². The maximum atomic E-state index is 3.28. The summed E-state index contributed by atoms with van der Waals surface area (Å²) in [6, 6.07) is 20.1. The highest BCUT2D eigenvalue weighted by Gasteiger charge is 2.05. The zero-order valence-electron chi connectivity index (χ0n) is 11.9. The molecule has 2 unspecified atom stereocenters. The zero-order chi connectivity index (χ0) is 14.2. The third-order valence-electron chi connectivity index (χ3n) is 3.19. The minimum absolute atomic E-state index is 0.256. The predicted octanol–water partition coefficient (Wildman–Crippen LogP) is 4.36. The molecule has 98 valence electrons. The van der Waals surface area contributed by atoms with Crippen LogP contribution in [0.2, 0.25) is 0 Å². The fourth-order valence-electron chi connectivity index (χ4n) is 1.69. The van der Waals surface area contributed by atoms with Crippen LogP contribution >= 0.6 is 0 Å². The van der Waals surface area contributed by atoms with Gasteiger partial charge in [0.1, 0.15) is 0 Å². The number of hydrogen-bond acceptors (Lipinski definition) is 0. The molecule has 0 heterocycles. The van der Waals surface area contributed by atoms with Gasteiger partial charge in [0.25, 0.3) is 0 Å². The Morgan fingerprint density at radius 1 is 0.600 bits per heavy atom. The SMILES string of the molecule is CC(C#Cc1ccccc1)C(C)C#Cc1ccccc1. The molecule has 20 heavy (non-hydrogen) atoms. The average Bonchev–Trinajstić information content (AvgIpc) is 2.52. The van der Waals surface area contributed by atoms with Crippen LogP contribution in [0.25, 0.3) is 0 Å². The summed E-state index contributed by atoms with van der Waals surface area (Å²) in [5, 5.41) is 0. The summed E-state index contributed by atoms with van der Waals surface area (Å²) in [6.07, 6.45) is 0. The van der Waals surface area contributed by atoms with Gasteiger partial charge in [0.15, 0.2) is 0 Å². The molecule has 0 saturated heterocycles. The van der Waals surface area contributed by atoms with E-state index in [1.165, 1.54) is 0 Å². The minimum atomic E-state index is 0.256. The van der Waals surface area contributed by atoms with Crippen molar-refractivity contribution in [2.75, 3.05) is 0 Å². The molecule has 0 aliphatic carbocycles. The van der Waals surface area contributed by atoms with Crippen molar-refractivity contribution in [3.8, 4) is 23.7 Å². The first-order valence-corrected chi connectivity index (χ1v) is 6.89. The first kappa shape index (κ1) is 14.0. The zero-order valence-corrected chi connectivity index (χ0v) is 11.9. The fraction of sp³-hybridized carbons (Fsp3) is 0.200. The van der Waals surface area contributed by atoms with Gasteiger partial charge in [0.05, 0.1) is 0 Å². The van der Waals surface area contributed by atoms with Gasteiger partial charge in [-0.15, -0.1) is 0 Å². The second-order valence-corrected chi connectivity index (χ2v) is 4.85. The van der Waals surface area contributed by atoms with Crippen LogP contribution in [0.15, 0.2) is 60.7 Å². The van der Waals surface area contributed by atoms with Gasteiger partial charge in [0, 0.05) is 23.0 Å². The van der Waals surface area contributed by atoms with Crippen LogP contribution in [0, 0.1) is 35.5 Å². The van der Waals surface area contributed by atoms with E-state index in [0.29, 0.717) is 0 Å². The molecule has 2 rings (SSSR count). The molecule has 0 bridgehead atoms. The molecule has 0 aromatic heterocycles. The van der Waals surface area contributed by atoms with Crippen LogP contribution in [0.4, 0.5) is 0 Å². The van der Waals surface area contributed by atoms with Gasteiger partial charge in [-0.1, -0.05) is 73.9 Å². The van der Waals surface area contributed by atoms with E-state index in [1.54, 1.807) is 0 Å². The van der Waals surface area contributed by atoms with E-state index in [4.69, 9.17) is 0 Å². The summed E-state index contributed by atoms with van der Waals surface area (Å²) in [4.78, 5) is 0. The van der Waals surface area contributed by atoms with E-state index in [9.17, 15) is 0 Å². The normalized spacial score (nSPS) is 12.3. The molecular formula is C20H18. The lowest BCUT2D eigenvalue weighted by molar-refractivity contribution is 0.595. The van der Waals surface area contributed by atoms with E-state index in [-0.39, 0.29) is 11.8 Å². The van der Waals surface area contributed by atoms with Gasteiger partial charge < -0.3 is 0 Å². The van der Waals surface area contributed by atoms with Crippen molar-refractivity contribution in [2.45, 2.75) is 13.8 Å². The molecule has 0 heteroatoms. The topological polar surface area (TPSA) is 0 Å². The molecule has 0 N–H and O–H groups in total. The molecule has 0 aliphatic heterocycles. The minimum Gasteiger partial charge on any atom is -0.0935 e. The third-order valence-corrected chi connectivity index (χ3v) is 3.19. The van der Waals surface area contributed by atoms with Crippen molar-refractivity contribution in [2.24, 2.45) is 11.8 Å². The van der Waals surface area contributed by atoms with E-state index >= 15 is 0 Å². The molecule has 0 radical (unpaired) electrons. The van der Waals surface area contributed by atoms with Crippen molar-refractivity contribution in [1.29, 1.82) is 0 Å². The van der Waals surface area contributed by atoms with E-state index in [0.717, 1.165) is 11.1 Å². The molecule has 2 atom stereocenters. The lowest BCUT2D eigenvalue weighted by Gasteiger charge is -2.06. The molecule has 0 aliphatic rings. The summed E-state index contributed by atoms with van der Waals surface area (Å²) >= 11 is 0. The van der Waals surface area contributed by atoms with E-state index < -0.39 is 0 Å². The Morgan fingerprint density at radius 3 is 1.30 bits per heavy atom. The van der Waals surface area contributed by atoms with E-state index in [1.807, 2.05) is 60.7 Å². The third kappa shape index (κ3) is 4.34. The Bertz CT molecular complexity index is 584. The molecule has 0 fully saturated rings. The predicted molar refractivity (Wildman–Crippen MR) is 85.0 cm³/mol. The van der Waals surface area contributed by atoms with Crippen molar-refractivity contribution in [3.63, 3.8) is 0 Å². The fourth-order valence-corrected chi connectivity index (χ4v) is 1.69. The van der Waals surface area contributed by atoms with Gasteiger partial charge >= 0.3 is 0 Å². The van der Waals surface area contributed by atoms with Crippen LogP contribution in [-0.2, 0) is 0 Å². The van der Waals surface area contributed by atoms with Gasteiger partial charge in [-0.2, -0.15) is 0 Å². The van der Waals surface area contributed by atoms with Crippen LogP contribution in [0.1, 0.15) is 25.0 Å². The molecule has 0 saturated carbocycles. The molecular weight excluding hydrogens is 240 g/mol. The second kappa shape index (κ2) is 7.22. The van der Waals surface area contributed by atoms with Crippen molar-refractivity contribution >= 4 is 0 Å². The Labute approximate surface area is 121 Å². The van der Waals surface area contributed by atoms with Crippen molar-refractivity contribution < 1.29 is 0 Å². The summed E-state index contributed by atoms with van der Waals surface area (Å²) in [7, 11) is 0. The first-order valence-electron chi connectivity index (χ1n) is 6.89. The summed E-state index contributed by atoms with van der Waals surface area (Å²) < 4.78 is 0. The van der Waals surface area contributed by atoms with Gasteiger partial charge in [-0.25, -0.2) is 0 Å².